The maximum absolute atomic E-state index is 13.1. The molecule has 0 unspecified atom stereocenters. The molecule has 1 saturated heterocycles. The summed E-state index contributed by atoms with van der Waals surface area (Å²) in [6, 6.07) is -1.30. The van der Waals surface area contributed by atoms with Gasteiger partial charge in [0.2, 0.25) is 11.8 Å². The van der Waals surface area contributed by atoms with Crippen molar-refractivity contribution < 1.29 is 19.5 Å². The summed E-state index contributed by atoms with van der Waals surface area (Å²) in [4.78, 5) is 40.5. The van der Waals surface area contributed by atoms with Crippen molar-refractivity contribution in [2.45, 2.75) is 72.0 Å². The SMILES string of the molecule is C/C(=C\[C@H](C)N(C)C(=O)[C@@H](NC(=O)[C@H]1CCCCN1C)C(C)(C)C)C(=O)O. The van der Waals surface area contributed by atoms with Gasteiger partial charge < -0.3 is 15.3 Å². The average molecular weight is 382 g/mol. The van der Waals surface area contributed by atoms with Gasteiger partial charge in [-0.15, -0.1) is 0 Å². The van der Waals surface area contributed by atoms with E-state index in [1.165, 1.54) is 17.9 Å². The monoisotopic (exact) mass is 381 g/mol. The Morgan fingerprint density at radius 1 is 1.26 bits per heavy atom. The van der Waals surface area contributed by atoms with Gasteiger partial charge in [0.05, 0.1) is 6.04 Å². The van der Waals surface area contributed by atoms with Crippen LogP contribution in [0.2, 0.25) is 0 Å². The maximum Gasteiger partial charge on any atom is 0.331 e. The van der Waals surface area contributed by atoms with Crippen LogP contribution in [0.25, 0.3) is 0 Å². The minimum Gasteiger partial charge on any atom is -0.478 e. The van der Waals surface area contributed by atoms with Crippen LogP contribution in [-0.2, 0) is 14.4 Å². The molecule has 0 aromatic carbocycles. The highest BCUT2D eigenvalue weighted by atomic mass is 16.4. The molecule has 2 N–H and O–H groups in total. The molecule has 0 saturated carbocycles. The van der Waals surface area contributed by atoms with Gasteiger partial charge >= 0.3 is 5.97 Å². The van der Waals surface area contributed by atoms with Gasteiger partial charge in [-0.1, -0.05) is 33.3 Å². The largest absolute Gasteiger partial charge is 0.478 e. The maximum atomic E-state index is 13.1. The molecule has 7 nitrogen and oxygen atoms in total. The van der Waals surface area contributed by atoms with Crippen molar-refractivity contribution in [3.8, 4) is 0 Å². The number of likely N-dealkylation sites (N-methyl/N-ethyl adjacent to an activating group) is 2. The van der Waals surface area contributed by atoms with E-state index in [9.17, 15) is 14.4 Å². The zero-order valence-electron chi connectivity index (χ0n) is 17.7. The number of rotatable bonds is 6. The van der Waals surface area contributed by atoms with Gasteiger partial charge in [0.1, 0.15) is 6.04 Å². The predicted octanol–water partition coefficient (Wildman–Crippen LogP) is 1.88. The third-order valence-electron chi connectivity index (χ3n) is 5.26. The highest BCUT2D eigenvalue weighted by molar-refractivity contribution is 5.91. The third-order valence-corrected chi connectivity index (χ3v) is 5.26. The van der Waals surface area contributed by atoms with E-state index in [1.54, 1.807) is 14.0 Å². The number of hydrogen-bond donors (Lipinski definition) is 2. The van der Waals surface area contributed by atoms with Crippen LogP contribution >= 0.6 is 0 Å². The first kappa shape index (κ1) is 23.1. The summed E-state index contributed by atoms with van der Waals surface area (Å²) < 4.78 is 0. The summed E-state index contributed by atoms with van der Waals surface area (Å²) in [5.74, 6) is -1.36. The highest BCUT2D eigenvalue weighted by Gasteiger charge is 2.38. The van der Waals surface area contributed by atoms with Crippen molar-refractivity contribution >= 4 is 17.8 Å². The number of nitrogens with one attached hydrogen (secondary N) is 1. The number of carboxylic acids is 1. The number of nitrogens with zero attached hydrogens (tertiary/aromatic N) is 2. The van der Waals surface area contributed by atoms with Crippen LogP contribution in [0.15, 0.2) is 11.6 Å². The standard InChI is InChI=1S/C20H35N3O4/c1-13(19(26)27)12-14(2)23(7)18(25)16(20(3,4)5)21-17(24)15-10-8-9-11-22(15)6/h12,14-16H,8-11H2,1-7H3,(H,21,24)(H,26,27)/b13-12+/t14-,15+,16+/m0/s1. The van der Waals surface area contributed by atoms with Crippen LogP contribution in [0.4, 0.5) is 0 Å². The normalized spacial score (nSPS) is 21.3. The Balaban J connectivity index is 2.95. The van der Waals surface area contributed by atoms with Crippen molar-refractivity contribution in [1.82, 2.24) is 15.1 Å². The number of aliphatic carboxylic acids is 1. The molecule has 0 radical (unpaired) electrons. The average Bonchev–Trinajstić information content (AvgIpc) is 2.57. The van der Waals surface area contributed by atoms with Crippen molar-refractivity contribution in [2.24, 2.45) is 5.41 Å². The predicted molar refractivity (Wildman–Crippen MR) is 105 cm³/mol. The summed E-state index contributed by atoms with van der Waals surface area (Å²) in [7, 11) is 3.57. The molecule has 154 valence electrons. The molecule has 1 aliphatic rings. The van der Waals surface area contributed by atoms with E-state index in [0.29, 0.717) is 0 Å². The molecule has 7 heteroatoms. The fourth-order valence-electron chi connectivity index (χ4n) is 3.24. The number of carbonyl (C=O) groups is 3. The topological polar surface area (TPSA) is 90.0 Å². The second-order valence-electron chi connectivity index (χ2n) is 8.64. The van der Waals surface area contributed by atoms with E-state index < -0.39 is 23.5 Å². The molecule has 0 aliphatic carbocycles. The van der Waals surface area contributed by atoms with E-state index in [4.69, 9.17) is 5.11 Å². The first-order valence-electron chi connectivity index (χ1n) is 9.55. The van der Waals surface area contributed by atoms with Gasteiger partial charge in [-0.25, -0.2) is 4.79 Å². The minimum atomic E-state index is -1.01. The van der Waals surface area contributed by atoms with Gasteiger partial charge in [-0.05, 0) is 45.7 Å². The van der Waals surface area contributed by atoms with Crippen LogP contribution in [0, 0.1) is 5.41 Å². The van der Waals surface area contributed by atoms with Crippen molar-refractivity contribution in [1.29, 1.82) is 0 Å². The van der Waals surface area contributed by atoms with Crippen LogP contribution in [-0.4, -0.2) is 71.5 Å². The molecular weight excluding hydrogens is 346 g/mol. The molecule has 1 fully saturated rings. The van der Waals surface area contributed by atoms with Gasteiger partial charge in [-0.2, -0.15) is 0 Å². The lowest BCUT2D eigenvalue weighted by Gasteiger charge is -2.38. The van der Waals surface area contributed by atoms with Crippen molar-refractivity contribution in [3.63, 3.8) is 0 Å². The quantitative estimate of drug-likeness (QED) is 0.686. The second-order valence-corrected chi connectivity index (χ2v) is 8.64. The molecule has 1 aliphatic heterocycles. The zero-order valence-corrected chi connectivity index (χ0v) is 17.7. The van der Waals surface area contributed by atoms with Crippen molar-refractivity contribution in [3.05, 3.63) is 11.6 Å². The van der Waals surface area contributed by atoms with Gasteiger partial charge in [0.15, 0.2) is 0 Å². The van der Waals surface area contributed by atoms with E-state index in [2.05, 4.69) is 5.32 Å². The minimum absolute atomic E-state index is 0.121. The second kappa shape index (κ2) is 9.35. The Labute approximate surface area is 162 Å². The molecular formula is C20H35N3O4. The number of carbonyl (C=O) groups excluding carboxylic acids is 2. The molecule has 3 atom stereocenters. The fraction of sp³-hybridized carbons (Fsp3) is 0.750. The van der Waals surface area contributed by atoms with E-state index in [-0.39, 0.29) is 23.4 Å². The molecule has 0 aromatic rings. The summed E-state index contributed by atoms with van der Waals surface area (Å²) in [5, 5.41) is 12.0. The first-order valence-corrected chi connectivity index (χ1v) is 9.55. The van der Waals surface area contributed by atoms with Crippen LogP contribution in [0.5, 0.6) is 0 Å². The molecule has 1 heterocycles. The smallest absolute Gasteiger partial charge is 0.331 e. The Hall–Kier alpha value is -1.89. The lowest BCUT2D eigenvalue weighted by Crippen LogP contribution is -2.59. The summed E-state index contributed by atoms with van der Waals surface area (Å²) in [5.41, 5.74) is -0.290. The number of likely N-dealkylation sites (tertiary alicyclic amines) is 1. The molecule has 27 heavy (non-hydrogen) atoms. The Bertz CT molecular complexity index is 595. The summed E-state index contributed by atoms with van der Waals surface area (Å²) in [6.45, 7) is 9.88. The number of hydrogen-bond acceptors (Lipinski definition) is 4. The van der Waals surface area contributed by atoms with E-state index in [1.807, 2.05) is 32.7 Å². The van der Waals surface area contributed by atoms with Gasteiger partial charge in [0, 0.05) is 18.7 Å². The van der Waals surface area contributed by atoms with E-state index in [0.717, 1.165) is 25.8 Å². The lowest BCUT2D eigenvalue weighted by molar-refractivity contribution is -0.141. The molecule has 2 amide bonds. The van der Waals surface area contributed by atoms with Crippen LogP contribution in [0.3, 0.4) is 0 Å². The summed E-state index contributed by atoms with van der Waals surface area (Å²) >= 11 is 0. The van der Waals surface area contributed by atoms with Gasteiger partial charge in [0.25, 0.3) is 0 Å². The number of amides is 2. The number of piperidine rings is 1. The molecule has 0 spiro atoms. The number of carboxylic acid groups (broad SMARTS) is 1. The molecule has 1 rings (SSSR count). The van der Waals surface area contributed by atoms with Crippen LogP contribution in [0.1, 0.15) is 53.9 Å². The van der Waals surface area contributed by atoms with Gasteiger partial charge in [-0.3, -0.25) is 14.5 Å². The summed E-state index contributed by atoms with van der Waals surface area (Å²) in [6.07, 6.45) is 4.42. The molecule has 0 aromatic heterocycles. The lowest BCUT2D eigenvalue weighted by atomic mass is 9.85. The Morgan fingerprint density at radius 3 is 2.33 bits per heavy atom. The highest BCUT2D eigenvalue weighted by Crippen LogP contribution is 2.23. The zero-order chi connectivity index (χ0) is 20.9. The Morgan fingerprint density at radius 2 is 1.85 bits per heavy atom. The molecule has 0 bridgehead atoms. The first-order chi connectivity index (χ1) is 12.4. The fourth-order valence-corrected chi connectivity index (χ4v) is 3.24. The van der Waals surface area contributed by atoms with Crippen molar-refractivity contribution in [2.75, 3.05) is 20.6 Å². The van der Waals surface area contributed by atoms with Crippen LogP contribution < -0.4 is 5.32 Å². The third kappa shape index (κ3) is 6.34. The Kier molecular flexibility index (Phi) is 8.02. The van der Waals surface area contributed by atoms with E-state index >= 15 is 0 Å².